The molecule has 1 saturated heterocycles. The highest BCUT2D eigenvalue weighted by Gasteiger charge is 2.20. The second-order valence-corrected chi connectivity index (χ2v) is 8.11. The van der Waals surface area contributed by atoms with Gasteiger partial charge in [-0.3, -0.25) is 4.98 Å². The number of anilines is 3. The lowest BCUT2D eigenvalue weighted by molar-refractivity contribution is 0.647. The Bertz CT molecular complexity index is 1120. The molecule has 30 heavy (non-hydrogen) atoms. The fourth-order valence-electron chi connectivity index (χ4n) is 3.74. The van der Waals surface area contributed by atoms with Crippen LogP contribution in [0.3, 0.4) is 0 Å². The molecule has 0 bridgehead atoms. The number of hydrogen-bond donors (Lipinski definition) is 1. The maximum atomic E-state index is 4.88. The van der Waals surface area contributed by atoms with E-state index in [9.17, 15) is 0 Å². The summed E-state index contributed by atoms with van der Waals surface area (Å²) in [6, 6.07) is 16.7. The van der Waals surface area contributed by atoms with E-state index in [0.29, 0.717) is 6.54 Å². The Hall–Kier alpha value is -3.13. The molecule has 1 N–H and O–H groups in total. The molecule has 8 heteroatoms. The normalized spacial score (nSPS) is 14.3. The smallest absolute Gasteiger partial charge is 0.173 e. The van der Waals surface area contributed by atoms with Crippen LogP contribution in [0.1, 0.15) is 5.56 Å². The minimum atomic E-state index is 0.672. The topological polar surface area (TPSA) is 61.6 Å². The molecular weight excluding hydrogens is 442 g/mol. The predicted octanol–water partition coefficient (Wildman–Crippen LogP) is 3.83. The molecule has 5 rings (SSSR count). The van der Waals surface area contributed by atoms with E-state index in [1.54, 1.807) is 12.4 Å². The summed E-state index contributed by atoms with van der Waals surface area (Å²) in [4.78, 5) is 13.8. The zero-order valence-corrected chi connectivity index (χ0v) is 18.0. The van der Waals surface area contributed by atoms with Gasteiger partial charge in [-0.2, -0.15) is 9.61 Å². The highest BCUT2D eigenvalue weighted by molar-refractivity contribution is 9.10. The van der Waals surface area contributed by atoms with Crippen LogP contribution in [0, 0.1) is 0 Å². The maximum Gasteiger partial charge on any atom is 0.173 e. The zero-order valence-electron chi connectivity index (χ0n) is 16.4. The maximum absolute atomic E-state index is 4.88. The average Bonchev–Trinajstić information content (AvgIpc) is 3.20. The van der Waals surface area contributed by atoms with E-state index in [-0.39, 0.29) is 0 Å². The van der Waals surface area contributed by atoms with Crippen molar-refractivity contribution in [2.45, 2.75) is 6.54 Å². The first-order chi connectivity index (χ1) is 14.8. The number of hydrogen-bond acceptors (Lipinski definition) is 6. The first-order valence-electron chi connectivity index (χ1n) is 10.00. The molecule has 1 aliphatic rings. The molecule has 7 nitrogen and oxygen atoms in total. The van der Waals surface area contributed by atoms with Gasteiger partial charge >= 0.3 is 0 Å². The summed E-state index contributed by atoms with van der Waals surface area (Å²) in [5.74, 6) is 1.88. The minimum absolute atomic E-state index is 0.672. The number of nitrogens with zero attached hydrogens (tertiary/aromatic N) is 6. The number of nitrogens with one attached hydrogen (secondary N) is 1. The Labute approximate surface area is 183 Å². The first kappa shape index (κ1) is 18.9. The third-order valence-electron chi connectivity index (χ3n) is 5.34. The van der Waals surface area contributed by atoms with E-state index in [1.165, 1.54) is 5.69 Å². The Morgan fingerprint density at radius 3 is 2.50 bits per heavy atom. The lowest BCUT2D eigenvalue weighted by atomic mass is 10.2. The van der Waals surface area contributed by atoms with Gasteiger partial charge in [-0.15, -0.1) is 0 Å². The van der Waals surface area contributed by atoms with Crippen LogP contribution in [-0.4, -0.2) is 45.8 Å². The standard InChI is InChI=1S/C22H22BrN7/c23-19-16-26-30-20(25-15-17-5-4-8-24-14-17)13-21(27-22(19)30)29-11-9-28(10-12-29)18-6-2-1-3-7-18/h1-8,13-14,16,25H,9-12,15H2. The third kappa shape index (κ3) is 3.82. The third-order valence-corrected chi connectivity index (χ3v) is 5.90. The van der Waals surface area contributed by atoms with Gasteiger partial charge < -0.3 is 15.1 Å². The summed E-state index contributed by atoms with van der Waals surface area (Å²) >= 11 is 3.59. The van der Waals surface area contributed by atoms with Crippen LogP contribution in [0.5, 0.6) is 0 Å². The lowest BCUT2D eigenvalue weighted by Crippen LogP contribution is -2.46. The van der Waals surface area contributed by atoms with E-state index in [4.69, 9.17) is 4.98 Å². The van der Waals surface area contributed by atoms with Crippen molar-refractivity contribution in [2.24, 2.45) is 0 Å². The monoisotopic (exact) mass is 463 g/mol. The van der Waals surface area contributed by atoms with Gasteiger partial charge in [-0.05, 0) is 39.7 Å². The van der Waals surface area contributed by atoms with Gasteiger partial charge in [0.1, 0.15) is 11.6 Å². The summed E-state index contributed by atoms with van der Waals surface area (Å²) < 4.78 is 2.72. The number of aromatic nitrogens is 4. The molecule has 3 aromatic heterocycles. The number of fused-ring (bicyclic) bond motifs is 1. The van der Waals surface area contributed by atoms with E-state index in [2.05, 4.69) is 83.6 Å². The van der Waals surface area contributed by atoms with Crippen LogP contribution in [0.2, 0.25) is 0 Å². The summed E-state index contributed by atoms with van der Waals surface area (Å²) in [5, 5.41) is 7.96. The van der Waals surface area contributed by atoms with Crippen LogP contribution in [0.25, 0.3) is 5.65 Å². The Balaban J connectivity index is 1.37. The van der Waals surface area contributed by atoms with E-state index < -0.39 is 0 Å². The average molecular weight is 464 g/mol. The van der Waals surface area contributed by atoms with Crippen LogP contribution in [0.4, 0.5) is 17.3 Å². The molecule has 0 saturated carbocycles. The van der Waals surface area contributed by atoms with Gasteiger partial charge in [0.25, 0.3) is 0 Å². The van der Waals surface area contributed by atoms with E-state index >= 15 is 0 Å². The summed E-state index contributed by atoms with van der Waals surface area (Å²) in [7, 11) is 0. The van der Waals surface area contributed by atoms with Gasteiger partial charge in [-0.25, -0.2) is 4.98 Å². The number of para-hydroxylation sites is 1. The van der Waals surface area contributed by atoms with Gasteiger partial charge in [0.15, 0.2) is 5.65 Å². The highest BCUT2D eigenvalue weighted by atomic mass is 79.9. The lowest BCUT2D eigenvalue weighted by Gasteiger charge is -2.36. The van der Waals surface area contributed by atoms with Crippen LogP contribution < -0.4 is 15.1 Å². The molecule has 0 aliphatic carbocycles. The van der Waals surface area contributed by atoms with E-state index in [0.717, 1.165) is 53.5 Å². The molecule has 0 amide bonds. The summed E-state index contributed by atoms with van der Waals surface area (Å²) in [6.45, 7) is 4.45. The quantitative estimate of drug-likeness (QED) is 0.485. The Morgan fingerprint density at radius 2 is 1.73 bits per heavy atom. The molecule has 1 fully saturated rings. The molecule has 0 radical (unpaired) electrons. The fourth-order valence-corrected chi connectivity index (χ4v) is 4.09. The minimum Gasteiger partial charge on any atom is -0.368 e. The fraction of sp³-hybridized carbons (Fsp3) is 0.227. The van der Waals surface area contributed by atoms with Crippen molar-refractivity contribution in [3.63, 3.8) is 0 Å². The van der Waals surface area contributed by atoms with Crippen molar-refractivity contribution in [3.8, 4) is 0 Å². The largest absolute Gasteiger partial charge is 0.368 e. The van der Waals surface area contributed by atoms with Gasteiger partial charge in [-0.1, -0.05) is 24.3 Å². The van der Waals surface area contributed by atoms with Crippen LogP contribution in [0.15, 0.2) is 71.6 Å². The van der Waals surface area contributed by atoms with E-state index in [1.807, 2.05) is 16.8 Å². The van der Waals surface area contributed by atoms with Gasteiger partial charge in [0, 0.05) is 56.9 Å². The predicted molar refractivity (Wildman–Crippen MR) is 123 cm³/mol. The second kappa shape index (κ2) is 8.31. The second-order valence-electron chi connectivity index (χ2n) is 7.25. The van der Waals surface area contributed by atoms with Crippen molar-refractivity contribution in [1.82, 2.24) is 19.6 Å². The summed E-state index contributed by atoms with van der Waals surface area (Å²) in [6.07, 6.45) is 5.44. The van der Waals surface area contributed by atoms with Crippen molar-refractivity contribution >= 4 is 38.9 Å². The van der Waals surface area contributed by atoms with Gasteiger partial charge in [0.05, 0.1) is 10.7 Å². The number of pyridine rings is 1. The number of piperazine rings is 1. The molecule has 152 valence electrons. The number of halogens is 1. The zero-order chi connectivity index (χ0) is 20.3. The molecule has 0 spiro atoms. The molecular formula is C22H22BrN7. The Morgan fingerprint density at radius 1 is 0.933 bits per heavy atom. The summed E-state index contributed by atoms with van der Waals surface area (Å²) in [5.41, 5.74) is 3.20. The first-order valence-corrected chi connectivity index (χ1v) is 10.8. The molecule has 1 aromatic carbocycles. The van der Waals surface area contributed by atoms with Crippen molar-refractivity contribution in [2.75, 3.05) is 41.3 Å². The highest BCUT2D eigenvalue weighted by Crippen LogP contribution is 2.26. The van der Waals surface area contributed by atoms with Crippen molar-refractivity contribution in [3.05, 3.63) is 77.2 Å². The SMILES string of the molecule is Brc1cnn2c(NCc3cccnc3)cc(N3CCN(c4ccccc4)CC3)nc12. The van der Waals surface area contributed by atoms with Crippen LogP contribution >= 0.6 is 15.9 Å². The molecule has 1 aliphatic heterocycles. The van der Waals surface area contributed by atoms with Crippen molar-refractivity contribution < 1.29 is 0 Å². The molecule has 0 unspecified atom stereocenters. The number of benzene rings is 1. The number of rotatable bonds is 5. The Kier molecular flexibility index (Phi) is 5.23. The van der Waals surface area contributed by atoms with Crippen molar-refractivity contribution in [1.29, 1.82) is 0 Å². The molecule has 4 heterocycles. The van der Waals surface area contributed by atoms with Gasteiger partial charge in [0.2, 0.25) is 0 Å². The van der Waals surface area contributed by atoms with Crippen LogP contribution in [-0.2, 0) is 6.54 Å². The molecule has 4 aromatic rings. The molecule has 0 atom stereocenters.